The quantitative estimate of drug-likeness (QED) is 0.898. The summed E-state index contributed by atoms with van der Waals surface area (Å²) >= 11 is 0. The Kier molecular flexibility index (Phi) is 5.29. The number of nitrogens with zero attached hydrogens (tertiary/aromatic N) is 4. The van der Waals surface area contributed by atoms with E-state index in [1.807, 2.05) is 13.8 Å². The number of carbonyl (C=O) groups is 2. The Bertz CT molecular complexity index is 784. The highest BCUT2D eigenvalue weighted by Gasteiger charge is 2.31. The molecule has 0 bridgehead atoms. The smallest absolute Gasteiger partial charge is 0.273 e. The predicted octanol–water partition coefficient (Wildman–Crippen LogP) is 2.44. The molecule has 0 spiro atoms. The number of amides is 2. The first-order valence-corrected chi connectivity index (χ1v) is 8.87. The van der Waals surface area contributed by atoms with E-state index in [0.29, 0.717) is 18.3 Å². The third-order valence-corrected chi connectivity index (χ3v) is 4.53. The Morgan fingerprint density at radius 1 is 1.27 bits per heavy atom. The van der Waals surface area contributed by atoms with Crippen LogP contribution in [0.3, 0.4) is 0 Å². The summed E-state index contributed by atoms with van der Waals surface area (Å²) in [7, 11) is 0. The number of likely N-dealkylation sites (tertiary alicyclic amines) is 1. The van der Waals surface area contributed by atoms with Crippen LogP contribution in [0.15, 0.2) is 22.9 Å². The standard InChI is InChI=1S/C18H23N5O3/c1-11(2)17-21-16(22-26-17)14-6-4-3-5-9-23(14)18(25)13-8-7-12(10-20-13)15(19)24/h7-8,10-11,14H,3-6,9H2,1-2H3,(H2,19,24)/t14-/m1/s1. The lowest BCUT2D eigenvalue weighted by Crippen LogP contribution is -2.36. The van der Waals surface area contributed by atoms with Crippen LogP contribution in [0.2, 0.25) is 0 Å². The minimum Gasteiger partial charge on any atom is -0.366 e. The van der Waals surface area contributed by atoms with Crippen LogP contribution in [-0.4, -0.2) is 38.4 Å². The molecule has 2 N–H and O–H groups in total. The zero-order valence-electron chi connectivity index (χ0n) is 15.0. The van der Waals surface area contributed by atoms with Crippen molar-refractivity contribution < 1.29 is 14.1 Å². The van der Waals surface area contributed by atoms with Crippen molar-refractivity contribution in [2.75, 3.05) is 6.54 Å². The molecule has 8 nitrogen and oxygen atoms in total. The van der Waals surface area contributed by atoms with E-state index >= 15 is 0 Å². The third-order valence-electron chi connectivity index (χ3n) is 4.53. The molecule has 0 unspecified atom stereocenters. The van der Waals surface area contributed by atoms with Crippen LogP contribution in [0.1, 0.15) is 84.1 Å². The zero-order chi connectivity index (χ0) is 18.7. The molecule has 2 aromatic heterocycles. The summed E-state index contributed by atoms with van der Waals surface area (Å²) < 4.78 is 5.33. The SMILES string of the molecule is CC(C)c1nc([C@H]2CCCCCN2C(=O)c2ccc(C(N)=O)cn2)no1. The predicted molar refractivity (Wildman–Crippen MR) is 93.4 cm³/mol. The van der Waals surface area contributed by atoms with Crippen molar-refractivity contribution in [3.8, 4) is 0 Å². The molecule has 138 valence electrons. The Balaban J connectivity index is 1.87. The van der Waals surface area contributed by atoms with Gasteiger partial charge in [-0.05, 0) is 25.0 Å². The van der Waals surface area contributed by atoms with E-state index in [9.17, 15) is 9.59 Å². The summed E-state index contributed by atoms with van der Waals surface area (Å²) in [5, 5.41) is 4.10. The fourth-order valence-corrected chi connectivity index (χ4v) is 3.05. The van der Waals surface area contributed by atoms with Crippen LogP contribution in [0, 0.1) is 0 Å². The van der Waals surface area contributed by atoms with E-state index in [2.05, 4.69) is 15.1 Å². The molecule has 0 radical (unpaired) electrons. The number of rotatable bonds is 4. The van der Waals surface area contributed by atoms with Crippen LogP contribution in [0.4, 0.5) is 0 Å². The summed E-state index contributed by atoms with van der Waals surface area (Å²) in [6.07, 6.45) is 5.06. The van der Waals surface area contributed by atoms with Gasteiger partial charge in [-0.25, -0.2) is 0 Å². The molecule has 0 aliphatic carbocycles. The fourth-order valence-electron chi connectivity index (χ4n) is 3.05. The second-order valence-electron chi connectivity index (χ2n) is 6.81. The molecule has 3 heterocycles. The van der Waals surface area contributed by atoms with Crippen molar-refractivity contribution in [2.45, 2.75) is 51.5 Å². The van der Waals surface area contributed by atoms with Crippen molar-refractivity contribution in [3.63, 3.8) is 0 Å². The summed E-state index contributed by atoms with van der Waals surface area (Å²) in [6, 6.07) is 2.81. The van der Waals surface area contributed by atoms with Gasteiger partial charge in [-0.3, -0.25) is 14.6 Å². The van der Waals surface area contributed by atoms with E-state index in [-0.39, 0.29) is 29.1 Å². The molecule has 1 aliphatic rings. The van der Waals surface area contributed by atoms with Gasteiger partial charge in [0.25, 0.3) is 5.91 Å². The lowest BCUT2D eigenvalue weighted by atomic mass is 10.1. The molecule has 0 aromatic carbocycles. The Hall–Kier alpha value is -2.77. The molecule has 1 atom stereocenters. The number of hydrogen-bond acceptors (Lipinski definition) is 6. The van der Waals surface area contributed by atoms with E-state index in [0.717, 1.165) is 25.7 Å². The molecule has 1 fully saturated rings. The van der Waals surface area contributed by atoms with E-state index in [1.165, 1.54) is 18.3 Å². The van der Waals surface area contributed by atoms with Gasteiger partial charge in [0.15, 0.2) is 5.82 Å². The first-order chi connectivity index (χ1) is 12.5. The summed E-state index contributed by atoms with van der Waals surface area (Å²) in [5.41, 5.74) is 5.77. The summed E-state index contributed by atoms with van der Waals surface area (Å²) in [4.78, 5) is 34.6. The van der Waals surface area contributed by atoms with Crippen LogP contribution in [0.25, 0.3) is 0 Å². The maximum absolute atomic E-state index is 13.0. The molecule has 0 saturated carbocycles. The van der Waals surface area contributed by atoms with Crippen molar-refractivity contribution in [1.82, 2.24) is 20.0 Å². The van der Waals surface area contributed by atoms with Gasteiger partial charge in [-0.2, -0.15) is 4.98 Å². The fraction of sp³-hybridized carbons (Fsp3) is 0.500. The van der Waals surface area contributed by atoms with Gasteiger partial charge in [-0.15, -0.1) is 0 Å². The van der Waals surface area contributed by atoms with Crippen molar-refractivity contribution in [3.05, 3.63) is 41.3 Å². The van der Waals surface area contributed by atoms with Gasteiger partial charge < -0.3 is 15.2 Å². The minimum absolute atomic E-state index is 0.134. The van der Waals surface area contributed by atoms with Gasteiger partial charge in [0.2, 0.25) is 11.8 Å². The van der Waals surface area contributed by atoms with Gasteiger partial charge in [0, 0.05) is 18.7 Å². The van der Waals surface area contributed by atoms with E-state index < -0.39 is 5.91 Å². The van der Waals surface area contributed by atoms with E-state index in [1.54, 1.807) is 4.90 Å². The molecule has 8 heteroatoms. The highest BCUT2D eigenvalue weighted by atomic mass is 16.5. The van der Waals surface area contributed by atoms with Crippen LogP contribution < -0.4 is 5.73 Å². The number of carbonyl (C=O) groups excluding carboxylic acids is 2. The average molecular weight is 357 g/mol. The Labute approximate surface area is 151 Å². The molecule has 1 aliphatic heterocycles. The van der Waals surface area contributed by atoms with Gasteiger partial charge >= 0.3 is 0 Å². The topological polar surface area (TPSA) is 115 Å². The van der Waals surface area contributed by atoms with Crippen molar-refractivity contribution in [1.29, 1.82) is 0 Å². The summed E-state index contributed by atoms with van der Waals surface area (Å²) in [6.45, 7) is 4.57. The van der Waals surface area contributed by atoms with Gasteiger partial charge in [0.1, 0.15) is 5.69 Å². The van der Waals surface area contributed by atoms with Crippen molar-refractivity contribution >= 4 is 11.8 Å². The number of hydrogen-bond donors (Lipinski definition) is 1. The zero-order valence-corrected chi connectivity index (χ0v) is 15.0. The number of nitrogens with two attached hydrogens (primary N) is 1. The van der Waals surface area contributed by atoms with Crippen LogP contribution in [-0.2, 0) is 0 Å². The monoisotopic (exact) mass is 357 g/mol. The van der Waals surface area contributed by atoms with Crippen LogP contribution >= 0.6 is 0 Å². The third kappa shape index (κ3) is 3.74. The van der Waals surface area contributed by atoms with E-state index in [4.69, 9.17) is 10.3 Å². The molecule has 3 rings (SSSR count). The molecular weight excluding hydrogens is 334 g/mol. The number of primary amides is 1. The van der Waals surface area contributed by atoms with Crippen molar-refractivity contribution in [2.24, 2.45) is 5.73 Å². The molecule has 1 saturated heterocycles. The number of aromatic nitrogens is 3. The summed E-state index contributed by atoms with van der Waals surface area (Å²) in [5.74, 6) is 0.466. The first-order valence-electron chi connectivity index (χ1n) is 8.87. The largest absolute Gasteiger partial charge is 0.366 e. The molecule has 2 aromatic rings. The second kappa shape index (κ2) is 7.63. The maximum atomic E-state index is 13.0. The molecule has 2 amide bonds. The normalized spacial score (nSPS) is 18.0. The van der Waals surface area contributed by atoms with Crippen LogP contribution in [0.5, 0.6) is 0 Å². The highest BCUT2D eigenvalue weighted by Crippen LogP contribution is 2.30. The van der Waals surface area contributed by atoms with Gasteiger partial charge in [0.05, 0.1) is 11.6 Å². The lowest BCUT2D eigenvalue weighted by Gasteiger charge is -2.27. The Morgan fingerprint density at radius 2 is 2.08 bits per heavy atom. The average Bonchev–Trinajstić information content (AvgIpc) is 3.00. The highest BCUT2D eigenvalue weighted by molar-refractivity contribution is 5.95. The minimum atomic E-state index is -0.572. The molecule has 26 heavy (non-hydrogen) atoms. The number of pyridine rings is 1. The van der Waals surface area contributed by atoms with Gasteiger partial charge in [-0.1, -0.05) is 31.8 Å². The Morgan fingerprint density at radius 3 is 2.69 bits per heavy atom. The second-order valence-corrected chi connectivity index (χ2v) is 6.81. The maximum Gasteiger partial charge on any atom is 0.273 e. The first kappa shape index (κ1) is 18.0. The molecular formula is C18H23N5O3. The lowest BCUT2D eigenvalue weighted by molar-refractivity contribution is 0.0664.